The normalized spacial score (nSPS) is 10.1. The highest BCUT2D eigenvalue weighted by molar-refractivity contribution is 6.30. The van der Waals surface area contributed by atoms with Gasteiger partial charge in [-0.05, 0) is 25.1 Å². The number of nitrogens with zero attached hydrogens (tertiary/aromatic N) is 1. The van der Waals surface area contributed by atoms with Gasteiger partial charge in [-0.1, -0.05) is 11.6 Å². The molecular weight excluding hydrogens is 275 g/mol. The van der Waals surface area contributed by atoms with Crippen LogP contribution < -0.4 is 5.32 Å². The number of rotatable bonds is 5. The van der Waals surface area contributed by atoms with Crippen molar-refractivity contribution < 1.29 is 19.1 Å². The Balaban J connectivity index is 2.71. The highest BCUT2D eigenvalue weighted by Gasteiger charge is 2.14. The van der Waals surface area contributed by atoms with Crippen molar-refractivity contribution in [3.8, 4) is 0 Å². The number of anilines is 1. The Labute approximate surface area is 115 Å². The van der Waals surface area contributed by atoms with E-state index in [0.29, 0.717) is 11.6 Å². The Morgan fingerprint density at radius 2 is 2.16 bits per heavy atom. The lowest BCUT2D eigenvalue weighted by atomic mass is 10.3. The van der Waals surface area contributed by atoms with E-state index in [-0.39, 0.29) is 18.7 Å². The molecule has 2 amide bonds. The Kier molecular flexibility index (Phi) is 5.57. The third kappa shape index (κ3) is 4.75. The molecule has 0 aliphatic rings. The molecule has 0 unspecified atom stereocenters. The molecule has 7 heteroatoms. The molecule has 0 heterocycles. The van der Waals surface area contributed by atoms with Crippen molar-refractivity contribution in [1.29, 1.82) is 0 Å². The SMILES string of the molecule is CCN(CCC(=O)O)C(=O)Nc1cc(Cl)ccc1F. The van der Waals surface area contributed by atoms with Crippen LogP contribution >= 0.6 is 11.6 Å². The van der Waals surface area contributed by atoms with Crippen LogP contribution in [0, 0.1) is 5.82 Å². The van der Waals surface area contributed by atoms with Crippen LogP contribution in [0.2, 0.25) is 5.02 Å². The summed E-state index contributed by atoms with van der Waals surface area (Å²) in [6.07, 6.45) is -0.167. The first-order valence-corrected chi connectivity index (χ1v) is 6.04. The van der Waals surface area contributed by atoms with Crippen molar-refractivity contribution >= 4 is 29.3 Å². The average molecular weight is 289 g/mol. The quantitative estimate of drug-likeness (QED) is 0.875. The molecule has 1 aromatic carbocycles. The van der Waals surface area contributed by atoms with Crippen molar-refractivity contribution in [2.75, 3.05) is 18.4 Å². The number of halogens is 2. The van der Waals surface area contributed by atoms with E-state index >= 15 is 0 Å². The summed E-state index contributed by atoms with van der Waals surface area (Å²) in [6, 6.07) is 3.24. The lowest BCUT2D eigenvalue weighted by Crippen LogP contribution is -2.36. The zero-order chi connectivity index (χ0) is 14.4. The molecule has 0 fully saturated rings. The molecule has 5 nitrogen and oxygen atoms in total. The van der Waals surface area contributed by atoms with Gasteiger partial charge >= 0.3 is 12.0 Å². The minimum atomic E-state index is -1.000. The number of aliphatic carboxylic acids is 1. The zero-order valence-corrected chi connectivity index (χ0v) is 11.1. The van der Waals surface area contributed by atoms with Crippen LogP contribution in [-0.2, 0) is 4.79 Å². The first kappa shape index (κ1) is 15.2. The topological polar surface area (TPSA) is 69.6 Å². The number of carboxylic acid groups (broad SMARTS) is 1. The van der Waals surface area contributed by atoms with Gasteiger partial charge < -0.3 is 15.3 Å². The van der Waals surface area contributed by atoms with Crippen LogP contribution in [0.15, 0.2) is 18.2 Å². The molecule has 2 N–H and O–H groups in total. The van der Waals surface area contributed by atoms with Crippen LogP contribution in [0.3, 0.4) is 0 Å². The number of benzene rings is 1. The fraction of sp³-hybridized carbons (Fsp3) is 0.333. The first-order valence-electron chi connectivity index (χ1n) is 5.66. The van der Waals surface area contributed by atoms with Crippen LogP contribution in [0.25, 0.3) is 0 Å². The summed E-state index contributed by atoms with van der Waals surface area (Å²) in [5.41, 5.74) is -0.0359. The second kappa shape index (κ2) is 6.94. The van der Waals surface area contributed by atoms with Gasteiger partial charge in [0.2, 0.25) is 0 Å². The molecule has 0 saturated carbocycles. The predicted octanol–water partition coefficient (Wildman–Crippen LogP) is 2.81. The lowest BCUT2D eigenvalue weighted by molar-refractivity contribution is -0.137. The molecule has 0 aliphatic heterocycles. The highest BCUT2D eigenvalue weighted by Crippen LogP contribution is 2.19. The summed E-state index contributed by atoms with van der Waals surface area (Å²) in [5, 5.41) is 11.2. The molecule has 0 aromatic heterocycles. The number of amides is 2. The van der Waals surface area contributed by atoms with Gasteiger partial charge in [-0.2, -0.15) is 0 Å². The van der Waals surface area contributed by atoms with Gasteiger partial charge in [0, 0.05) is 18.1 Å². The van der Waals surface area contributed by atoms with E-state index in [1.807, 2.05) is 0 Å². The second-order valence-electron chi connectivity index (χ2n) is 3.78. The Morgan fingerprint density at radius 3 is 2.74 bits per heavy atom. The number of nitrogens with one attached hydrogen (secondary N) is 1. The third-order valence-electron chi connectivity index (χ3n) is 2.43. The first-order chi connectivity index (χ1) is 8.93. The lowest BCUT2D eigenvalue weighted by Gasteiger charge is -2.20. The van der Waals surface area contributed by atoms with Gasteiger partial charge in [0.15, 0.2) is 0 Å². The number of hydrogen-bond acceptors (Lipinski definition) is 2. The van der Waals surface area contributed by atoms with E-state index in [9.17, 15) is 14.0 Å². The summed E-state index contributed by atoms with van der Waals surface area (Å²) >= 11 is 5.71. The molecule has 104 valence electrons. The Hall–Kier alpha value is -1.82. The molecule has 0 bridgehead atoms. The monoisotopic (exact) mass is 288 g/mol. The largest absolute Gasteiger partial charge is 0.481 e. The molecular formula is C12H14ClFN2O3. The van der Waals surface area contributed by atoms with E-state index in [1.54, 1.807) is 6.92 Å². The second-order valence-corrected chi connectivity index (χ2v) is 4.21. The van der Waals surface area contributed by atoms with Crippen molar-refractivity contribution in [1.82, 2.24) is 4.90 Å². The summed E-state index contributed by atoms with van der Waals surface area (Å²) < 4.78 is 13.4. The van der Waals surface area contributed by atoms with E-state index in [2.05, 4.69) is 5.32 Å². The Bertz CT molecular complexity index is 482. The van der Waals surface area contributed by atoms with Gasteiger partial charge in [-0.3, -0.25) is 4.79 Å². The molecule has 1 rings (SSSR count). The van der Waals surface area contributed by atoms with Crippen LogP contribution in [0.4, 0.5) is 14.9 Å². The average Bonchev–Trinajstić information content (AvgIpc) is 2.34. The fourth-order valence-electron chi connectivity index (χ4n) is 1.42. The van der Waals surface area contributed by atoms with Crippen LogP contribution in [0.5, 0.6) is 0 Å². The van der Waals surface area contributed by atoms with E-state index in [0.717, 1.165) is 6.07 Å². The van der Waals surface area contributed by atoms with E-state index < -0.39 is 17.8 Å². The molecule has 0 atom stereocenters. The summed E-state index contributed by atoms with van der Waals surface area (Å²) in [6.45, 7) is 2.08. The number of carboxylic acids is 1. The van der Waals surface area contributed by atoms with E-state index in [4.69, 9.17) is 16.7 Å². The molecule has 1 aromatic rings. The Morgan fingerprint density at radius 1 is 1.47 bits per heavy atom. The highest BCUT2D eigenvalue weighted by atomic mass is 35.5. The number of carbonyl (C=O) groups is 2. The van der Waals surface area contributed by atoms with Crippen molar-refractivity contribution in [2.45, 2.75) is 13.3 Å². The molecule has 0 aliphatic carbocycles. The summed E-state index contributed by atoms with van der Waals surface area (Å²) in [7, 11) is 0. The molecule has 19 heavy (non-hydrogen) atoms. The van der Waals surface area contributed by atoms with Gasteiger partial charge in [0.25, 0.3) is 0 Å². The molecule has 0 spiro atoms. The maximum absolute atomic E-state index is 13.4. The van der Waals surface area contributed by atoms with E-state index in [1.165, 1.54) is 17.0 Å². The van der Waals surface area contributed by atoms with Gasteiger partial charge in [0.05, 0.1) is 12.1 Å². The van der Waals surface area contributed by atoms with Crippen LogP contribution in [-0.4, -0.2) is 35.1 Å². The summed E-state index contributed by atoms with van der Waals surface area (Å²) in [4.78, 5) is 23.6. The minimum Gasteiger partial charge on any atom is -0.481 e. The fourth-order valence-corrected chi connectivity index (χ4v) is 1.59. The van der Waals surface area contributed by atoms with Gasteiger partial charge in [0.1, 0.15) is 5.82 Å². The number of hydrogen-bond donors (Lipinski definition) is 2. The van der Waals surface area contributed by atoms with Crippen molar-refractivity contribution in [3.05, 3.63) is 29.0 Å². The number of urea groups is 1. The van der Waals surface area contributed by atoms with Gasteiger partial charge in [-0.25, -0.2) is 9.18 Å². The smallest absolute Gasteiger partial charge is 0.321 e. The number of carbonyl (C=O) groups excluding carboxylic acids is 1. The third-order valence-corrected chi connectivity index (χ3v) is 2.67. The van der Waals surface area contributed by atoms with Crippen molar-refractivity contribution in [3.63, 3.8) is 0 Å². The van der Waals surface area contributed by atoms with Crippen molar-refractivity contribution in [2.24, 2.45) is 0 Å². The minimum absolute atomic E-state index is 0.0359. The maximum atomic E-state index is 13.4. The zero-order valence-electron chi connectivity index (χ0n) is 10.3. The maximum Gasteiger partial charge on any atom is 0.321 e. The van der Waals surface area contributed by atoms with Gasteiger partial charge in [-0.15, -0.1) is 0 Å². The van der Waals surface area contributed by atoms with Crippen LogP contribution in [0.1, 0.15) is 13.3 Å². The molecule has 0 radical (unpaired) electrons. The standard InChI is InChI=1S/C12H14ClFN2O3/c1-2-16(6-5-11(17)18)12(19)15-10-7-8(13)3-4-9(10)14/h3-4,7H,2,5-6H2,1H3,(H,15,19)(H,17,18). The molecule has 0 saturated heterocycles. The predicted molar refractivity (Wildman–Crippen MR) is 69.9 cm³/mol. The summed E-state index contributed by atoms with van der Waals surface area (Å²) in [5.74, 6) is -1.60.